The molecule has 0 bridgehead atoms. The van der Waals surface area contributed by atoms with Crippen LogP contribution in [0.2, 0.25) is 0 Å². The molecule has 0 aromatic heterocycles. The van der Waals surface area contributed by atoms with Crippen LogP contribution in [-0.4, -0.2) is 6.61 Å². The van der Waals surface area contributed by atoms with Crippen molar-refractivity contribution in [2.45, 2.75) is 65.7 Å². The zero-order chi connectivity index (χ0) is 19.4. The Morgan fingerprint density at radius 1 is 1.00 bits per heavy atom. The molecule has 0 saturated heterocycles. The first-order chi connectivity index (χ1) is 13.0. The molecule has 0 radical (unpaired) electrons. The molecule has 148 valence electrons. The molecule has 1 nitrogen and oxygen atoms in total. The van der Waals surface area contributed by atoms with Crippen LogP contribution in [-0.2, 0) is 0 Å². The lowest BCUT2D eigenvalue weighted by Gasteiger charge is -2.34. The van der Waals surface area contributed by atoms with Gasteiger partial charge in [-0.25, -0.2) is 4.39 Å². The molecule has 1 aromatic rings. The summed E-state index contributed by atoms with van der Waals surface area (Å²) in [4.78, 5) is 0. The van der Waals surface area contributed by atoms with Gasteiger partial charge in [-0.05, 0) is 106 Å². The van der Waals surface area contributed by atoms with Crippen molar-refractivity contribution in [3.05, 3.63) is 52.6 Å². The van der Waals surface area contributed by atoms with Gasteiger partial charge in [0.15, 0.2) is 11.6 Å². The first-order valence-electron chi connectivity index (χ1n) is 10.4. The molecule has 1 atom stereocenters. The summed E-state index contributed by atoms with van der Waals surface area (Å²) in [6, 6.07) is 1.64. The van der Waals surface area contributed by atoms with E-state index >= 15 is 0 Å². The van der Waals surface area contributed by atoms with Crippen LogP contribution in [0.15, 0.2) is 29.9 Å². The maximum Gasteiger partial charge on any atom is 0.201 e. The van der Waals surface area contributed by atoms with Crippen LogP contribution in [0.1, 0.15) is 63.0 Å². The van der Waals surface area contributed by atoms with Crippen LogP contribution in [0.3, 0.4) is 0 Å². The van der Waals surface area contributed by atoms with Gasteiger partial charge in [-0.15, -0.1) is 0 Å². The molecule has 3 heteroatoms. The van der Waals surface area contributed by atoms with Crippen molar-refractivity contribution in [3.8, 4) is 5.75 Å². The summed E-state index contributed by atoms with van der Waals surface area (Å²) in [5.41, 5.74) is 2.19. The van der Waals surface area contributed by atoms with E-state index in [2.05, 4.69) is 25.2 Å². The molecule has 3 rings (SSSR count). The Morgan fingerprint density at radius 3 is 2.37 bits per heavy atom. The highest BCUT2D eigenvalue weighted by molar-refractivity contribution is 5.38. The molecule has 0 aliphatic heterocycles. The normalized spacial score (nSPS) is 26.3. The maximum absolute atomic E-state index is 14.1. The molecule has 1 saturated carbocycles. The van der Waals surface area contributed by atoms with E-state index in [0.717, 1.165) is 30.6 Å². The lowest BCUT2D eigenvalue weighted by atomic mass is 9.71. The standard InChI is InChI=1S/C24H32F2O/c1-4-5-18-6-10-20(11-7-18)21-12-8-19(9-13-21)15-27-24-17(3)14-16(2)22(25)23(24)26/h4-5,8,14,18,20-21H,6-7,9-13,15H2,1-3H3/b5-4+. The Kier molecular flexibility index (Phi) is 6.73. The predicted molar refractivity (Wildman–Crippen MR) is 107 cm³/mol. The Bertz CT molecular complexity index is 712. The van der Waals surface area contributed by atoms with Gasteiger partial charge in [0.2, 0.25) is 5.82 Å². The third kappa shape index (κ3) is 4.80. The van der Waals surface area contributed by atoms with Gasteiger partial charge < -0.3 is 4.74 Å². The van der Waals surface area contributed by atoms with E-state index in [9.17, 15) is 8.78 Å². The molecular formula is C24H32F2O. The van der Waals surface area contributed by atoms with Gasteiger partial charge in [0.25, 0.3) is 0 Å². The first kappa shape index (κ1) is 20.1. The van der Waals surface area contributed by atoms with Crippen molar-refractivity contribution in [3.63, 3.8) is 0 Å². The summed E-state index contributed by atoms with van der Waals surface area (Å²) >= 11 is 0. The molecule has 2 aliphatic rings. The van der Waals surface area contributed by atoms with E-state index in [1.807, 2.05) is 0 Å². The summed E-state index contributed by atoms with van der Waals surface area (Å²) in [5, 5.41) is 0. The fourth-order valence-corrected chi connectivity index (χ4v) is 4.79. The van der Waals surface area contributed by atoms with Gasteiger partial charge in [-0.2, -0.15) is 4.39 Å². The number of aryl methyl sites for hydroxylation is 2. The van der Waals surface area contributed by atoms with Crippen molar-refractivity contribution in [1.29, 1.82) is 0 Å². The average molecular weight is 375 g/mol. The van der Waals surface area contributed by atoms with Crippen LogP contribution < -0.4 is 4.74 Å². The molecule has 27 heavy (non-hydrogen) atoms. The summed E-state index contributed by atoms with van der Waals surface area (Å²) in [6.45, 7) is 5.81. The Hall–Kier alpha value is -1.64. The van der Waals surface area contributed by atoms with Crippen molar-refractivity contribution in [2.75, 3.05) is 6.61 Å². The van der Waals surface area contributed by atoms with Gasteiger partial charge in [0.1, 0.15) is 6.61 Å². The third-order valence-corrected chi connectivity index (χ3v) is 6.42. The summed E-state index contributed by atoms with van der Waals surface area (Å²) < 4.78 is 33.6. The minimum absolute atomic E-state index is 0.0587. The summed E-state index contributed by atoms with van der Waals surface area (Å²) in [6.07, 6.45) is 15.5. The Labute approximate surface area is 162 Å². The number of rotatable bonds is 5. The molecule has 0 N–H and O–H groups in total. The van der Waals surface area contributed by atoms with Gasteiger partial charge in [-0.3, -0.25) is 0 Å². The summed E-state index contributed by atoms with van der Waals surface area (Å²) in [5.74, 6) is 0.791. The Balaban J connectivity index is 1.52. The zero-order valence-electron chi connectivity index (χ0n) is 16.9. The fourth-order valence-electron chi connectivity index (χ4n) is 4.79. The number of benzene rings is 1. The van der Waals surface area contributed by atoms with Crippen LogP contribution in [0.4, 0.5) is 8.78 Å². The number of halogens is 2. The molecule has 2 aliphatic carbocycles. The van der Waals surface area contributed by atoms with Crippen LogP contribution in [0, 0.1) is 43.2 Å². The predicted octanol–water partition coefficient (Wildman–Crippen LogP) is 7.07. The second-order valence-electron chi connectivity index (χ2n) is 8.35. The van der Waals surface area contributed by atoms with Gasteiger partial charge in [0.05, 0.1) is 0 Å². The minimum atomic E-state index is -0.861. The molecule has 1 unspecified atom stereocenters. The van der Waals surface area contributed by atoms with Crippen molar-refractivity contribution in [2.24, 2.45) is 17.8 Å². The minimum Gasteiger partial charge on any atom is -0.486 e. The molecule has 0 heterocycles. The lowest BCUT2D eigenvalue weighted by Crippen LogP contribution is -2.23. The fraction of sp³-hybridized carbons (Fsp3) is 0.583. The first-order valence-corrected chi connectivity index (χ1v) is 10.4. The number of allylic oxidation sites excluding steroid dienone is 3. The average Bonchev–Trinajstić information content (AvgIpc) is 2.67. The maximum atomic E-state index is 14.1. The van der Waals surface area contributed by atoms with E-state index in [4.69, 9.17) is 4.74 Å². The second kappa shape index (κ2) is 9.03. The van der Waals surface area contributed by atoms with Crippen molar-refractivity contribution in [1.82, 2.24) is 0 Å². The highest BCUT2D eigenvalue weighted by Gasteiger charge is 2.28. The monoisotopic (exact) mass is 374 g/mol. The van der Waals surface area contributed by atoms with Crippen LogP contribution in [0.25, 0.3) is 0 Å². The number of hydrogen-bond donors (Lipinski definition) is 0. The smallest absolute Gasteiger partial charge is 0.201 e. The molecule has 1 fully saturated rings. The number of ether oxygens (including phenoxy) is 1. The molecular weight excluding hydrogens is 342 g/mol. The van der Waals surface area contributed by atoms with E-state index in [0.29, 0.717) is 17.7 Å². The van der Waals surface area contributed by atoms with Gasteiger partial charge in [0, 0.05) is 0 Å². The SMILES string of the molecule is C/C=C/C1CCC(C2CC=C(COc3c(C)cc(C)c(F)c3F)CC2)CC1. The lowest BCUT2D eigenvalue weighted by molar-refractivity contribution is 0.206. The van der Waals surface area contributed by atoms with Gasteiger partial charge >= 0.3 is 0 Å². The highest BCUT2D eigenvalue weighted by atomic mass is 19.2. The quantitative estimate of drug-likeness (QED) is 0.501. The highest BCUT2D eigenvalue weighted by Crippen LogP contribution is 2.40. The number of hydrogen-bond acceptors (Lipinski definition) is 1. The van der Waals surface area contributed by atoms with E-state index < -0.39 is 11.6 Å². The largest absolute Gasteiger partial charge is 0.486 e. The Morgan fingerprint density at radius 2 is 1.74 bits per heavy atom. The van der Waals surface area contributed by atoms with Crippen LogP contribution >= 0.6 is 0 Å². The topological polar surface area (TPSA) is 9.23 Å². The zero-order valence-corrected chi connectivity index (χ0v) is 16.9. The van der Waals surface area contributed by atoms with E-state index in [1.54, 1.807) is 19.9 Å². The molecule has 0 amide bonds. The third-order valence-electron chi connectivity index (χ3n) is 6.42. The van der Waals surface area contributed by atoms with Crippen LogP contribution in [0.5, 0.6) is 5.75 Å². The van der Waals surface area contributed by atoms with Gasteiger partial charge in [-0.1, -0.05) is 18.2 Å². The van der Waals surface area contributed by atoms with E-state index in [-0.39, 0.29) is 5.75 Å². The van der Waals surface area contributed by atoms with Crippen molar-refractivity contribution >= 4 is 0 Å². The summed E-state index contributed by atoms with van der Waals surface area (Å²) in [7, 11) is 0. The van der Waals surface area contributed by atoms with E-state index in [1.165, 1.54) is 37.7 Å². The molecule has 0 spiro atoms. The van der Waals surface area contributed by atoms with Crippen molar-refractivity contribution < 1.29 is 13.5 Å². The second-order valence-corrected chi connectivity index (χ2v) is 8.35. The molecule has 1 aromatic carbocycles.